The fraction of sp³-hybridized carbons (Fsp3) is 0.250. The second kappa shape index (κ2) is 10.4. The molecule has 12 nitrogen and oxygen atoms in total. The van der Waals surface area contributed by atoms with Crippen molar-refractivity contribution >= 4 is 54.5 Å². The predicted molar refractivity (Wildman–Crippen MR) is 142 cm³/mol. The Bertz CT molecular complexity index is 1700. The second-order valence-electron chi connectivity index (χ2n) is 8.99. The number of carbonyl (C=O) groups excluding carboxylic acids is 2. The largest absolute Gasteiger partial charge is 0.326 e. The van der Waals surface area contributed by atoms with Crippen molar-refractivity contribution in [3.63, 3.8) is 0 Å². The number of likely N-dealkylation sites (tertiary alicyclic amines) is 1. The maximum atomic E-state index is 14.4. The summed E-state index contributed by atoms with van der Waals surface area (Å²) in [6.07, 6.45) is 1.61. The van der Waals surface area contributed by atoms with E-state index in [4.69, 9.17) is 5.14 Å². The van der Waals surface area contributed by atoms with Gasteiger partial charge in [0.05, 0.1) is 12.1 Å². The third-order valence-electron chi connectivity index (χ3n) is 6.22. The Balaban J connectivity index is 1.44. The van der Waals surface area contributed by atoms with Crippen LogP contribution in [0.5, 0.6) is 0 Å². The Hall–Kier alpha value is -3.82. The molecule has 4 heterocycles. The molecule has 5 rings (SSSR count). The molecule has 0 spiro atoms. The Labute approximate surface area is 230 Å². The molecule has 1 fully saturated rings. The number of anilines is 1. The summed E-state index contributed by atoms with van der Waals surface area (Å²) in [7, 11) is -4.26. The van der Waals surface area contributed by atoms with Crippen LogP contribution in [0.1, 0.15) is 12.2 Å². The molecule has 0 bridgehead atoms. The molecule has 1 aromatic carbocycles. The molecule has 39 heavy (non-hydrogen) atoms. The van der Waals surface area contributed by atoms with Gasteiger partial charge in [0, 0.05) is 29.8 Å². The van der Waals surface area contributed by atoms with Crippen LogP contribution in [0, 0.1) is 6.92 Å². The molecule has 1 aliphatic heterocycles. The molecular formula is C24H22BrFN8O4S. The Kier molecular flexibility index (Phi) is 7.13. The zero-order valence-electron chi connectivity index (χ0n) is 20.5. The average Bonchev–Trinajstić information content (AvgIpc) is 3.45. The molecule has 0 unspecified atom stereocenters. The average molecular weight is 617 g/mol. The summed E-state index contributed by atoms with van der Waals surface area (Å²) >= 11 is 3.22. The number of carbonyl (C=O) groups is 2. The van der Waals surface area contributed by atoms with Crippen LogP contribution in [0.2, 0.25) is 0 Å². The van der Waals surface area contributed by atoms with Crippen molar-refractivity contribution < 1.29 is 22.4 Å². The van der Waals surface area contributed by atoms with E-state index in [2.05, 4.69) is 41.3 Å². The van der Waals surface area contributed by atoms with E-state index in [1.807, 2.05) is 0 Å². The number of nitrogens with one attached hydrogen (secondary N) is 1. The zero-order chi connectivity index (χ0) is 27.9. The Morgan fingerprint density at radius 1 is 1.18 bits per heavy atom. The molecule has 3 N–H and O–H groups in total. The summed E-state index contributed by atoms with van der Waals surface area (Å²) < 4.78 is 40.8. The van der Waals surface area contributed by atoms with Crippen LogP contribution in [0.25, 0.3) is 22.0 Å². The van der Waals surface area contributed by atoms with E-state index >= 15 is 0 Å². The highest BCUT2D eigenvalue weighted by molar-refractivity contribution is 9.10. The molecule has 3 aromatic heterocycles. The summed E-state index contributed by atoms with van der Waals surface area (Å²) in [6.45, 7) is 1.01. The molecule has 15 heteroatoms. The molecule has 4 aromatic rings. The van der Waals surface area contributed by atoms with Gasteiger partial charge < -0.3 is 10.2 Å². The first-order valence-electron chi connectivity index (χ1n) is 11.7. The zero-order valence-corrected chi connectivity index (χ0v) is 22.9. The molecule has 2 atom stereocenters. The van der Waals surface area contributed by atoms with Crippen LogP contribution in [-0.4, -0.2) is 68.6 Å². The van der Waals surface area contributed by atoms with Crippen molar-refractivity contribution in [2.24, 2.45) is 5.14 Å². The third-order valence-corrected chi connectivity index (χ3v) is 7.51. The Morgan fingerprint density at radius 3 is 2.62 bits per heavy atom. The van der Waals surface area contributed by atoms with Gasteiger partial charge in [-0.05, 0) is 52.7 Å². The van der Waals surface area contributed by atoms with Gasteiger partial charge in [-0.1, -0.05) is 12.1 Å². The van der Waals surface area contributed by atoms with E-state index in [1.54, 1.807) is 55.7 Å². The van der Waals surface area contributed by atoms with Crippen molar-refractivity contribution in [3.05, 3.63) is 59.2 Å². The summed E-state index contributed by atoms with van der Waals surface area (Å²) in [5.74, 6) is -0.378. The number of amides is 2. The van der Waals surface area contributed by atoms with E-state index < -0.39 is 45.6 Å². The highest BCUT2D eigenvalue weighted by Gasteiger charge is 2.40. The minimum atomic E-state index is -4.26. The van der Waals surface area contributed by atoms with Crippen molar-refractivity contribution in [3.8, 4) is 11.1 Å². The molecule has 1 saturated heterocycles. The van der Waals surface area contributed by atoms with Gasteiger partial charge in [-0.2, -0.15) is 5.10 Å². The summed E-state index contributed by atoms with van der Waals surface area (Å²) in [6, 6.07) is 8.72. The van der Waals surface area contributed by atoms with Crippen LogP contribution in [0.4, 0.5) is 10.2 Å². The number of nitrogens with zero attached hydrogens (tertiary/aromatic N) is 6. The van der Waals surface area contributed by atoms with Crippen LogP contribution < -0.4 is 10.5 Å². The number of hydrogen-bond acceptors (Lipinski definition) is 8. The number of rotatable bonds is 6. The van der Waals surface area contributed by atoms with E-state index in [0.29, 0.717) is 27.1 Å². The number of nitrogens with two attached hydrogens (primary N) is 1. The highest BCUT2D eigenvalue weighted by Crippen LogP contribution is 2.29. The van der Waals surface area contributed by atoms with Gasteiger partial charge >= 0.3 is 0 Å². The fourth-order valence-electron chi connectivity index (χ4n) is 4.42. The van der Waals surface area contributed by atoms with Gasteiger partial charge in [0.25, 0.3) is 10.0 Å². The van der Waals surface area contributed by atoms with Crippen LogP contribution in [-0.2, 0) is 26.2 Å². The molecule has 1 aliphatic rings. The smallest absolute Gasteiger partial charge is 0.258 e. The highest BCUT2D eigenvalue weighted by atomic mass is 79.9. The molecule has 0 aliphatic carbocycles. The number of alkyl halides is 1. The normalized spacial score (nSPS) is 17.5. The fourth-order valence-corrected chi connectivity index (χ4v) is 5.44. The van der Waals surface area contributed by atoms with Crippen molar-refractivity contribution in [2.45, 2.75) is 37.1 Å². The summed E-state index contributed by atoms with van der Waals surface area (Å²) in [4.78, 5) is 39.8. The van der Waals surface area contributed by atoms with E-state index in [9.17, 15) is 22.4 Å². The van der Waals surface area contributed by atoms with E-state index in [-0.39, 0.29) is 24.2 Å². The molecule has 2 amide bonds. The lowest BCUT2D eigenvalue weighted by Gasteiger charge is -2.23. The lowest BCUT2D eigenvalue weighted by molar-refractivity contribution is -0.137. The third kappa shape index (κ3) is 5.65. The maximum absolute atomic E-state index is 14.4. The van der Waals surface area contributed by atoms with Gasteiger partial charge in [-0.15, -0.1) is 0 Å². The van der Waals surface area contributed by atoms with Gasteiger partial charge in [0.15, 0.2) is 5.03 Å². The second-order valence-corrected chi connectivity index (χ2v) is 11.3. The lowest BCUT2D eigenvalue weighted by Crippen LogP contribution is -2.44. The molecular weight excluding hydrogens is 595 g/mol. The Morgan fingerprint density at radius 2 is 1.92 bits per heavy atom. The predicted octanol–water partition coefficient (Wildman–Crippen LogP) is 2.18. The van der Waals surface area contributed by atoms with Crippen molar-refractivity contribution in [1.82, 2.24) is 29.6 Å². The quantitative estimate of drug-likeness (QED) is 0.311. The number of sulfonamides is 1. The lowest BCUT2D eigenvalue weighted by atomic mass is 10.1. The SMILES string of the molecule is Cc1ncc(-c2ccc3c(c2)c(S(N)(=O)=O)nn3CC(=O)N2C[C@H](F)C[C@H]2C(=O)Nc2cccc(Br)n2)cn1. The first-order chi connectivity index (χ1) is 18.5. The molecule has 0 saturated carbocycles. The van der Waals surface area contributed by atoms with Gasteiger partial charge in [0.1, 0.15) is 35.0 Å². The van der Waals surface area contributed by atoms with Crippen LogP contribution in [0.15, 0.2) is 58.4 Å². The number of primary sulfonamides is 1. The number of benzene rings is 1. The number of aryl methyl sites for hydroxylation is 1. The molecule has 0 radical (unpaired) electrons. The monoisotopic (exact) mass is 616 g/mol. The van der Waals surface area contributed by atoms with Crippen LogP contribution >= 0.6 is 15.9 Å². The minimum absolute atomic E-state index is 0.185. The van der Waals surface area contributed by atoms with Crippen LogP contribution in [0.3, 0.4) is 0 Å². The van der Waals surface area contributed by atoms with Gasteiger partial charge in [-0.3, -0.25) is 14.3 Å². The number of aromatic nitrogens is 5. The number of pyridine rings is 1. The standard InChI is InChI=1S/C24H22BrFN8O4S/c1-13-28-9-15(10-29-13)14-5-6-18-17(7-14)24(39(27,37)38)32-34(18)12-22(35)33-11-16(26)8-19(33)23(36)31-21-4-2-3-20(25)30-21/h2-7,9-10,16,19H,8,11-12H2,1H3,(H2,27,37,38)(H,30,31,36)/t16-,19+/m1/s1. The van der Waals surface area contributed by atoms with Gasteiger partial charge in [-0.25, -0.2) is 32.9 Å². The maximum Gasteiger partial charge on any atom is 0.258 e. The summed E-state index contributed by atoms with van der Waals surface area (Å²) in [5.41, 5.74) is 1.59. The van der Waals surface area contributed by atoms with Crippen molar-refractivity contribution in [1.29, 1.82) is 0 Å². The van der Waals surface area contributed by atoms with E-state index in [1.165, 1.54) is 4.68 Å². The topological polar surface area (TPSA) is 166 Å². The minimum Gasteiger partial charge on any atom is -0.326 e. The number of halogens is 2. The van der Waals surface area contributed by atoms with Crippen molar-refractivity contribution in [2.75, 3.05) is 11.9 Å². The first-order valence-corrected chi connectivity index (χ1v) is 14.0. The number of fused-ring (bicyclic) bond motifs is 1. The van der Waals surface area contributed by atoms with Gasteiger partial charge in [0.2, 0.25) is 11.8 Å². The molecule has 202 valence electrons. The number of hydrogen-bond donors (Lipinski definition) is 2. The first kappa shape index (κ1) is 26.8. The summed E-state index contributed by atoms with van der Waals surface area (Å²) in [5, 5.41) is 11.9. The van der Waals surface area contributed by atoms with E-state index in [0.717, 1.165) is 4.90 Å².